The fourth-order valence-electron chi connectivity index (χ4n) is 2.70. The van der Waals surface area contributed by atoms with E-state index in [1.807, 2.05) is 40.0 Å². The summed E-state index contributed by atoms with van der Waals surface area (Å²) >= 11 is 0. The largest absolute Gasteiger partial charge is 0.373 e. The van der Waals surface area contributed by atoms with Crippen molar-refractivity contribution in [3.05, 3.63) is 29.3 Å². The molecule has 1 aliphatic rings. The highest BCUT2D eigenvalue weighted by Gasteiger charge is 2.33. The van der Waals surface area contributed by atoms with E-state index >= 15 is 0 Å². The zero-order valence-electron chi connectivity index (χ0n) is 13.1. The quantitative estimate of drug-likeness (QED) is 0.915. The minimum atomic E-state index is -3.47. The summed E-state index contributed by atoms with van der Waals surface area (Å²) in [6, 6.07) is 5.59. The lowest BCUT2D eigenvalue weighted by atomic mass is 10.1. The summed E-state index contributed by atoms with van der Waals surface area (Å²) in [5, 5.41) is 3.05. The van der Waals surface area contributed by atoms with Gasteiger partial charge in [-0.25, -0.2) is 8.42 Å². The smallest absolute Gasteiger partial charge is 0.243 e. The van der Waals surface area contributed by atoms with Crippen LogP contribution in [0.5, 0.6) is 0 Å². The summed E-state index contributed by atoms with van der Waals surface area (Å²) in [5.41, 5.74) is 1.75. The molecule has 5 nitrogen and oxygen atoms in total. The predicted octanol–water partition coefficient (Wildman–Crippen LogP) is 1.51. The van der Waals surface area contributed by atoms with E-state index in [1.54, 1.807) is 6.07 Å². The van der Waals surface area contributed by atoms with Crippen molar-refractivity contribution in [2.45, 2.75) is 44.4 Å². The van der Waals surface area contributed by atoms with Gasteiger partial charge in [0.05, 0.1) is 17.1 Å². The molecule has 0 aliphatic carbocycles. The first-order chi connectivity index (χ1) is 9.84. The van der Waals surface area contributed by atoms with Crippen LogP contribution in [0.3, 0.4) is 0 Å². The van der Waals surface area contributed by atoms with Crippen LogP contribution in [0.25, 0.3) is 0 Å². The molecule has 0 saturated carbocycles. The van der Waals surface area contributed by atoms with Crippen LogP contribution < -0.4 is 5.32 Å². The lowest BCUT2D eigenvalue weighted by molar-refractivity contribution is -0.0440. The third-order valence-electron chi connectivity index (χ3n) is 3.64. The Bertz CT molecular complexity index is 591. The predicted molar refractivity (Wildman–Crippen MR) is 82.7 cm³/mol. The molecule has 0 amide bonds. The number of aryl methyl sites for hydroxylation is 1. The summed E-state index contributed by atoms with van der Waals surface area (Å²) in [4.78, 5) is 0.400. The van der Waals surface area contributed by atoms with Crippen molar-refractivity contribution in [1.82, 2.24) is 9.62 Å². The first-order valence-corrected chi connectivity index (χ1v) is 8.68. The van der Waals surface area contributed by atoms with Crippen molar-refractivity contribution >= 4 is 10.0 Å². The average molecular weight is 312 g/mol. The number of nitrogens with zero attached hydrogens (tertiary/aromatic N) is 1. The van der Waals surface area contributed by atoms with E-state index in [-0.39, 0.29) is 12.2 Å². The molecule has 0 spiro atoms. The van der Waals surface area contributed by atoms with E-state index in [0.29, 0.717) is 24.5 Å². The molecule has 6 heteroatoms. The molecule has 0 bridgehead atoms. The van der Waals surface area contributed by atoms with Gasteiger partial charge in [0.2, 0.25) is 10.0 Å². The Labute approximate surface area is 127 Å². The minimum Gasteiger partial charge on any atom is -0.373 e. The average Bonchev–Trinajstić information content (AvgIpc) is 2.40. The van der Waals surface area contributed by atoms with Crippen LogP contribution in [-0.4, -0.2) is 45.1 Å². The molecule has 1 fully saturated rings. The number of nitrogens with one attached hydrogen (secondary N) is 1. The van der Waals surface area contributed by atoms with Crippen LogP contribution in [-0.2, 0) is 21.3 Å². The molecule has 1 aromatic rings. The van der Waals surface area contributed by atoms with E-state index < -0.39 is 10.0 Å². The molecule has 0 unspecified atom stereocenters. The topological polar surface area (TPSA) is 58.6 Å². The Morgan fingerprint density at radius 3 is 2.48 bits per heavy atom. The van der Waals surface area contributed by atoms with Crippen LogP contribution >= 0.6 is 0 Å². The molecule has 1 aliphatic heterocycles. The normalized spacial score (nSPS) is 24.2. The van der Waals surface area contributed by atoms with E-state index in [9.17, 15) is 8.42 Å². The zero-order chi connectivity index (χ0) is 15.6. The Hall–Kier alpha value is -0.950. The van der Waals surface area contributed by atoms with E-state index in [0.717, 1.165) is 11.1 Å². The minimum absolute atomic E-state index is 0.0793. The second-order valence-corrected chi connectivity index (χ2v) is 7.62. The van der Waals surface area contributed by atoms with Gasteiger partial charge in [-0.15, -0.1) is 0 Å². The van der Waals surface area contributed by atoms with Crippen LogP contribution in [0.2, 0.25) is 0 Å². The highest BCUT2D eigenvalue weighted by atomic mass is 32.2. The summed E-state index contributed by atoms with van der Waals surface area (Å²) < 4.78 is 33.0. The van der Waals surface area contributed by atoms with Crippen LogP contribution in [0, 0.1) is 6.92 Å². The number of ether oxygens (including phenoxy) is 1. The van der Waals surface area contributed by atoms with Gasteiger partial charge in [0, 0.05) is 19.6 Å². The molecule has 1 aromatic carbocycles. The number of sulfonamides is 1. The SMILES string of the molecule is CNCc1ccc(C)c(S(=O)(=O)N2C[C@@H](C)O[C@@H](C)C2)c1. The van der Waals surface area contributed by atoms with Gasteiger partial charge in [0.25, 0.3) is 0 Å². The van der Waals surface area contributed by atoms with Gasteiger partial charge in [-0.05, 0) is 45.0 Å². The highest BCUT2D eigenvalue weighted by molar-refractivity contribution is 7.89. The number of rotatable bonds is 4. The number of morpholine rings is 1. The second kappa shape index (κ2) is 6.44. The number of hydrogen-bond acceptors (Lipinski definition) is 4. The van der Waals surface area contributed by atoms with Crippen molar-refractivity contribution in [1.29, 1.82) is 0 Å². The molecule has 21 heavy (non-hydrogen) atoms. The fourth-order valence-corrected chi connectivity index (χ4v) is 4.57. The van der Waals surface area contributed by atoms with Crippen molar-refractivity contribution in [2.24, 2.45) is 0 Å². The Kier molecular flexibility index (Phi) is 5.03. The van der Waals surface area contributed by atoms with E-state index in [2.05, 4.69) is 5.32 Å². The molecule has 0 radical (unpaired) electrons. The third kappa shape index (κ3) is 3.63. The monoisotopic (exact) mass is 312 g/mol. The Morgan fingerprint density at radius 1 is 1.29 bits per heavy atom. The maximum absolute atomic E-state index is 12.9. The van der Waals surface area contributed by atoms with Gasteiger partial charge in [-0.2, -0.15) is 4.31 Å². The summed E-state index contributed by atoms with van der Waals surface area (Å²) in [6.07, 6.45) is -0.159. The van der Waals surface area contributed by atoms with Gasteiger partial charge in [0.1, 0.15) is 0 Å². The van der Waals surface area contributed by atoms with Gasteiger partial charge in [-0.1, -0.05) is 12.1 Å². The number of benzene rings is 1. The first kappa shape index (κ1) is 16.4. The third-order valence-corrected chi connectivity index (χ3v) is 5.61. The lowest BCUT2D eigenvalue weighted by Gasteiger charge is -2.34. The summed E-state index contributed by atoms with van der Waals surface area (Å²) in [6.45, 7) is 7.11. The molecule has 1 heterocycles. The molecule has 1 saturated heterocycles. The van der Waals surface area contributed by atoms with Crippen molar-refractivity contribution in [3.8, 4) is 0 Å². The Morgan fingerprint density at radius 2 is 1.90 bits per heavy atom. The molecule has 118 valence electrons. The molecule has 0 aromatic heterocycles. The van der Waals surface area contributed by atoms with E-state index in [4.69, 9.17) is 4.74 Å². The van der Waals surface area contributed by atoms with Gasteiger partial charge >= 0.3 is 0 Å². The maximum atomic E-state index is 12.9. The van der Waals surface area contributed by atoms with Crippen LogP contribution in [0.1, 0.15) is 25.0 Å². The maximum Gasteiger partial charge on any atom is 0.243 e. The number of hydrogen-bond donors (Lipinski definition) is 1. The summed E-state index contributed by atoms with van der Waals surface area (Å²) in [5.74, 6) is 0. The summed E-state index contributed by atoms with van der Waals surface area (Å²) in [7, 11) is -1.63. The highest BCUT2D eigenvalue weighted by Crippen LogP contribution is 2.24. The fraction of sp³-hybridized carbons (Fsp3) is 0.600. The first-order valence-electron chi connectivity index (χ1n) is 7.24. The van der Waals surface area contributed by atoms with Crippen molar-refractivity contribution in [2.75, 3.05) is 20.1 Å². The molecule has 2 rings (SSSR count). The van der Waals surface area contributed by atoms with E-state index in [1.165, 1.54) is 4.31 Å². The van der Waals surface area contributed by atoms with Gasteiger partial charge in [-0.3, -0.25) is 0 Å². The van der Waals surface area contributed by atoms with Crippen LogP contribution in [0.15, 0.2) is 23.1 Å². The van der Waals surface area contributed by atoms with Gasteiger partial charge in [0.15, 0.2) is 0 Å². The van der Waals surface area contributed by atoms with Crippen molar-refractivity contribution in [3.63, 3.8) is 0 Å². The molecular weight excluding hydrogens is 288 g/mol. The zero-order valence-corrected chi connectivity index (χ0v) is 13.9. The molecule has 1 N–H and O–H groups in total. The lowest BCUT2D eigenvalue weighted by Crippen LogP contribution is -2.48. The van der Waals surface area contributed by atoms with Gasteiger partial charge < -0.3 is 10.1 Å². The van der Waals surface area contributed by atoms with Crippen molar-refractivity contribution < 1.29 is 13.2 Å². The van der Waals surface area contributed by atoms with Crippen LogP contribution in [0.4, 0.5) is 0 Å². The molecule has 2 atom stereocenters. The Balaban J connectivity index is 2.36. The standard InChI is InChI=1S/C15H24N2O3S/c1-11-5-6-14(8-16-4)7-15(11)21(18,19)17-9-12(2)20-13(3)10-17/h5-7,12-13,16H,8-10H2,1-4H3/t12-,13+. The second-order valence-electron chi connectivity index (χ2n) is 5.71. The molecular formula is C15H24N2O3S.